The zero-order valence-electron chi connectivity index (χ0n) is 24.8. The van der Waals surface area contributed by atoms with E-state index in [2.05, 4.69) is 59.6 Å². The standard InChI is InChI=1S/C36H37FN2O3S/c1-24-38-30-11-6-26(17-31(30)43-24)25-4-3-5-28(16-25)39(32(40)18-34-19-35(37,20-34)21-34)22-33-12-14-36(15-13-33,42-23-33)27-7-9-29(41-2)10-8-27/h3-11,16-17H,12-15,18-23H2,1-2H3. The van der Waals surface area contributed by atoms with E-state index in [4.69, 9.17) is 9.47 Å². The summed E-state index contributed by atoms with van der Waals surface area (Å²) >= 11 is 1.70. The first kappa shape index (κ1) is 27.3. The highest BCUT2D eigenvalue weighted by molar-refractivity contribution is 7.18. The van der Waals surface area contributed by atoms with Gasteiger partial charge in [0.05, 0.1) is 34.5 Å². The van der Waals surface area contributed by atoms with Gasteiger partial charge in [-0.25, -0.2) is 9.37 Å². The van der Waals surface area contributed by atoms with Crippen molar-refractivity contribution in [2.45, 2.75) is 69.6 Å². The maximum Gasteiger partial charge on any atom is 0.227 e. The molecule has 3 aromatic carbocycles. The van der Waals surface area contributed by atoms with Gasteiger partial charge in [0.25, 0.3) is 0 Å². The number of benzene rings is 3. The van der Waals surface area contributed by atoms with Crippen molar-refractivity contribution in [3.05, 3.63) is 77.3 Å². The maximum atomic E-state index is 14.4. The predicted octanol–water partition coefficient (Wildman–Crippen LogP) is 8.38. The number of anilines is 1. The third kappa shape index (κ3) is 4.58. The first-order valence-electron chi connectivity index (χ1n) is 15.4. The second kappa shape index (κ2) is 9.60. The van der Waals surface area contributed by atoms with Gasteiger partial charge in [-0.3, -0.25) is 4.79 Å². The number of fused-ring (bicyclic) bond motifs is 4. The van der Waals surface area contributed by atoms with Crippen molar-refractivity contribution in [2.75, 3.05) is 25.2 Å². The molecule has 6 aliphatic rings. The molecule has 4 bridgehead atoms. The van der Waals surface area contributed by atoms with Gasteiger partial charge in [0, 0.05) is 24.1 Å². The maximum absolute atomic E-state index is 14.4. The molecular formula is C36H37FN2O3S. The molecule has 7 heteroatoms. The summed E-state index contributed by atoms with van der Waals surface area (Å²) in [6.45, 7) is 3.28. The fraction of sp³-hybridized carbons (Fsp3) is 0.444. The molecule has 0 atom stereocenters. The van der Waals surface area contributed by atoms with E-state index in [1.54, 1.807) is 18.4 Å². The molecule has 4 saturated carbocycles. The number of ether oxygens (including phenoxy) is 2. The van der Waals surface area contributed by atoms with Crippen LogP contribution in [0.4, 0.5) is 10.1 Å². The molecule has 43 heavy (non-hydrogen) atoms. The minimum Gasteiger partial charge on any atom is -0.497 e. The number of carbonyl (C=O) groups is 1. The Morgan fingerprint density at radius 2 is 1.72 bits per heavy atom. The summed E-state index contributed by atoms with van der Waals surface area (Å²) in [6.07, 6.45) is 5.90. The lowest BCUT2D eigenvalue weighted by atomic mass is 9.41. The number of rotatable bonds is 8. The molecule has 4 aliphatic carbocycles. The van der Waals surface area contributed by atoms with Gasteiger partial charge in [0.2, 0.25) is 5.91 Å². The second-order valence-corrected chi connectivity index (χ2v) is 15.0. The molecule has 2 aliphatic heterocycles. The number of aryl methyl sites for hydroxylation is 1. The minimum atomic E-state index is -1.01. The third-order valence-corrected chi connectivity index (χ3v) is 11.7. The number of methoxy groups -OCH3 is 1. The van der Waals surface area contributed by atoms with Crippen LogP contribution < -0.4 is 9.64 Å². The Morgan fingerprint density at radius 1 is 0.977 bits per heavy atom. The zero-order chi connectivity index (χ0) is 29.5. The normalized spacial score (nSPS) is 30.5. The largest absolute Gasteiger partial charge is 0.497 e. The summed E-state index contributed by atoms with van der Waals surface area (Å²) in [4.78, 5) is 20.8. The van der Waals surface area contributed by atoms with Crippen LogP contribution in [0.25, 0.3) is 21.3 Å². The lowest BCUT2D eigenvalue weighted by molar-refractivity contribution is -0.215. The Bertz CT molecular complexity index is 1690. The molecule has 0 N–H and O–H groups in total. The average Bonchev–Trinajstić information content (AvgIpc) is 3.39. The van der Waals surface area contributed by atoms with E-state index >= 15 is 0 Å². The van der Waals surface area contributed by atoms with Gasteiger partial charge in [0.1, 0.15) is 11.4 Å². The summed E-state index contributed by atoms with van der Waals surface area (Å²) in [5, 5.41) is 1.05. The van der Waals surface area contributed by atoms with Crippen molar-refractivity contribution in [3.8, 4) is 16.9 Å². The van der Waals surface area contributed by atoms with Gasteiger partial charge < -0.3 is 14.4 Å². The van der Waals surface area contributed by atoms with Crippen molar-refractivity contribution >= 4 is 33.1 Å². The Balaban J connectivity index is 1.07. The van der Waals surface area contributed by atoms with Crippen LogP contribution in [0.15, 0.2) is 66.7 Å². The van der Waals surface area contributed by atoms with Crippen LogP contribution in [0.3, 0.4) is 0 Å². The Hall–Kier alpha value is -3.29. The Labute approximate surface area is 256 Å². The van der Waals surface area contributed by atoms with E-state index in [0.29, 0.717) is 38.8 Å². The minimum absolute atomic E-state index is 0.0975. The summed E-state index contributed by atoms with van der Waals surface area (Å²) in [7, 11) is 1.69. The van der Waals surface area contributed by atoms with Gasteiger partial charge in [-0.2, -0.15) is 0 Å². The number of thiazole rings is 1. The molecule has 4 aromatic rings. The van der Waals surface area contributed by atoms with Gasteiger partial charge in [-0.15, -0.1) is 11.3 Å². The van der Waals surface area contributed by atoms with Crippen LogP contribution >= 0.6 is 11.3 Å². The number of aromatic nitrogens is 1. The van der Waals surface area contributed by atoms with Crippen LogP contribution in [-0.4, -0.2) is 36.8 Å². The lowest BCUT2D eigenvalue weighted by Gasteiger charge is -2.66. The monoisotopic (exact) mass is 596 g/mol. The van der Waals surface area contributed by atoms with E-state index in [9.17, 15) is 9.18 Å². The number of carbonyl (C=O) groups excluding carboxylic acids is 1. The molecule has 0 unspecified atom stereocenters. The Morgan fingerprint density at radius 3 is 2.40 bits per heavy atom. The summed E-state index contributed by atoms with van der Waals surface area (Å²) < 4.78 is 27.6. The van der Waals surface area contributed by atoms with Crippen molar-refractivity contribution in [3.63, 3.8) is 0 Å². The number of hydrogen-bond donors (Lipinski definition) is 0. The van der Waals surface area contributed by atoms with Crippen LogP contribution in [0.1, 0.15) is 61.9 Å². The molecule has 0 spiro atoms. The molecule has 222 valence electrons. The van der Waals surface area contributed by atoms with E-state index < -0.39 is 5.67 Å². The second-order valence-electron chi connectivity index (χ2n) is 13.8. The highest BCUT2D eigenvalue weighted by Gasteiger charge is 2.69. The predicted molar refractivity (Wildman–Crippen MR) is 168 cm³/mol. The molecule has 2 saturated heterocycles. The average molecular weight is 597 g/mol. The highest BCUT2D eigenvalue weighted by atomic mass is 32.1. The van der Waals surface area contributed by atoms with Crippen molar-refractivity contribution in [2.24, 2.45) is 10.8 Å². The molecule has 6 fully saturated rings. The molecule has 1 amide bonds. The first-order valence-corrected chi connectivity index (χ1v) is 16.3. The molecule has 5 nitrogen and oxygen atoms in total. The van der Waals surface area contributed by atoms with Gasteiger partial charge in [-0.1, -0.05) is 30.3 Å². The summed E-state index contributed by atoms with van der Waals surface area (Å²) in [5.41, 5.74) is 3.81. The topological polar surface area (TPSA) is 51.7 Å². The molecule has 3 heterocycles. The number of hydrogen-bond acceptors (Lipinski definition) is 5. The molecule has 1 aromatic heterocycles. The number of nitrogens with zero attached hydrogens (tertiary/aromatic N) is 2. The van der Waals surface area contributed by atoms with Gasteiger partial charge in [0.15, 0.2) is 0 Å². The van der Waals surface area contributed by atoms with Crippen molar-refractivity contribution in [1.29, 1.82) is 0 Å². The van der Waals surface area contributed by atoms with Crippen molar-refractivity contribution < 1.29 is 18.7 Å². The van der Waals surface area contributed by atoms with E-state index in [1.165, 1.54) is 5.56 Å². The Kier molecular flexibility index (Phi) is 6.09. The number of amides is 1. The van der Waals surface area contributed by atoms with E-state index in [-0.39, 0.29) is 22.3 Å². The number of alkyl halides is 1. The quantitative estimate of drug-likeness (QED) is 0.205. The fourth-order valence-corrected chi connectivity index (χ4v) is 9.30. The summed E-state index contributed by atoms with van der Waals surface area (Å²) in [5.74, 6) is 0.960. The SMILES string of the molecule is COc1ccc(C23CCC(CN(C(=O)CC45CC(F)(C4)C5)c4cccc(-c5ccc6nc(C)sc6c5)c4)(CC2)CO3)cc1. The van der Waals surface area contributed by atoms with Crippen molar-refractivity contribution in [1.82, 2.24) is 4.98 Å². The highest BCUT2D eigenvalue weighted by Crippen LogP contribution is 2.71. The lowest BCUT2D eigenvalue weighted by Crippen LogP contribution is -2.65. The van der Waals surface area contributed by atoms with Gasteiger partial charge in [-0.05, 0) is 110 Å². The van der Waals surface area contributed by atoms with Crippen LogP contribution in [-0.2, 0) is 15.1 Å². The van der Waals surface area contributed by atoms with Crippen LogP contribution in [0.2, 0.25) is 0 Å². The smallest absolute Gasteiger partial charge is 0.227 e. The van der Waals surface area contributed by atoms with Crippen LogP contribution in [0, 0.1) is 17.8 Å². The summed E-state index contributed by atoms with van der Waals surface area (Å²) in [6, 6.07) is 23.0. The molecule has 0 radical (unpaired) electrons. The molecule has 10 rings (SSSR count). The third-order valence-electron chi connectivity index (χ3n) is 10.8. The molecular weight excluding hydrogens is 559 g/mol. The van der Waals surface area contributed by atoms with E-state index in [0.717, 1.165) is 63.5 Å². The fourth-order valence-electron chi connectivity index (χ4n) is 8.43. The van der Waals surface area contributed by atoms with E-state index in [1.807, 2.05) is 24.0 Å². The number of halogens is 1. The first-order chi connectivity index (χ1) is 20.7. The van der Waals surface area contributed by atoms with Gasteiger partial charge >= 0.3 is 0 Å². The zero-order valence-corrected chi connectivity index (χ0v) is 25.6. The van der Waals surface area contributed by atoms with Crippen LogP contribution in [0.5, 0.6) is 5.75 Å².